The van der Waals surface area contributed by atoms with Gasteiger partial charge in [0.1, 0.15) is 12.4 Å². The zero-order valence-corrected chi connectivity index (χ0v) is 34.5. The molecule has 0 radical (unpaired) electrons. The van der Waals surface area contributed by atoms with Crippen molar-refractivity contribution in [3.05, 3.63) is 64.2 Å². The molecule has 3 aliphatic rings. The quantitative estimate of drug-likeness (QED) is 0.108. The maximum atomic E-state index is 14.1. The zero-order valence-electron chi connectivity index (χ0n) is 33.7. The van der Waals surface area contributed by atoms with Gasteiger partial charge in [-0.3, -0.25) is 9.59 Å². The smallest absolute Gasteiger partial charge is 0.418 e. The van der Waals surface area contributed by atoms with Crippen molar-refractivity contribution >= 4 is 47.1 Å². The Bertz CT molecular complexity index is 1780. The summed E-state index contributed by atoms with van der Waals surface area (Å²) in [7, 11) is 3.85. The largest absolute Gasteiger partial charge is 0.464 e. The molecule has 0 spiro atoms. The summed E-state index contributed by atoms with van der Waals surface area (Å²) in [6.45, 7) is 4.66. The van der Waals surface area contributed by atoms with Crippen molar-refractivity contribution in [2.24, 2.45) is 22.6 Å². The van der Waals surface area contributed by atoms with Gasteiger partial charge in [-0.2, -0.15) is 18.2 Å². The molecule has 324 valence electrons. The number of aliphatic imine (C=N–C) groups is 1. The van der Waals surface area contributed by atoms with E-state index in [2.05, 4.69) is 15.2 Å². The highest BCUT2D eigenvalue weighted by molar-refractivity contribution is 6.33. The van der Waals surface area contributed by atoms with E-state index in [1.807, 2.05) is 25.1 Å². The van der Waals surface area contributed by atoms with Crippen molar-refractivity contribution in [3.8, 4) is 0 Å². The monoisotopic (exact) mass is 848 g/mol. The van der Waals surface area contributed by atoms with Gasteiger partial charge in [0.15, 0.2) is 6.10 Å². The van der Waals surface area contributed by atoms with Crippen LogP contribution in [0.3, 0.4) is 0 Å². The van der Waals surface area contributed by atoms with Gasteiger partial charge in [0.2, 0.25) is 0 Å². The molecular weight excluding hydrogens is 793 g/mol. The number of alkyl halides is 3. The van der Waals surface area contributed by atoms with Crippen molar-refractivity contribution in [1.82, 2.24) is 24.9 Å². The Morgan fingerprint density at radius 3 is 2.15 bits per heavy atom. The second-order valence-corrected chi connectivity index (χ2v) is 16.2. The van der Waals surface area contributed by atoms with Crippen LogP contribution in [0.25, 0.3) is 0 Å². The summed E-state index contributed by atoms with van der Waals surface area (Å²) in [6, 6.07) is 10.0. The molecular formula is C41H56ClF3N8O6. The Morgan fingerprint density at radius 1 is 0.932 bits per heavy atom. The molecule has 3 heterocycles. The summed E-state index contributed by atoms with van der Waals surface area (Å²) in [5.41, 5.74) is 10.5. The van der Waals surface area contributed by atoms with Gasteiger partial charge in [0, 0.05) is 57.3 Å². The van der Waals surface area contributed by atoms with Crippen LogP contribution in [-0.4, -0.2) is 135 Å². The predicted molar refractivity (Wildman–Crippen MR) is 218 cm³/mol. The van der Waals surface area contributed by atoms with Crippen LogP contribution in [-0.2, 0) is 31.7 Å². The summed E-state index contributed by atoms with van der Waals surface area (Å²) >= 11 is 6.12. The van der Waals surface area contributed by atoms with Crippen LogP contribution in [0.4, 0.5) is 28.4 Å². The van der Waals surface area contributed by atoms with E-state index in [0.717, 1.165) is 44.8 Å². The molecule has 18 heteroatoms. The van der Waals surface area contributed by atoms with E-state index >= 15 is 0 Å². The summed E-state index contributed by atoms with van der Waals surface area (Å²) in [5, 5.41) is 2.49. The molecule has 0 aromatic heterocycles. The lowest BCUT2D eigenvalue weighted by Gasteiger charge is -2.41. The Balaban J connectivity index is 1.16. The van der Waals surface area contributed by atoms with E-state index in [9.17, 15) is 32.3 Å². The van der Waals surface area contributed by atoms with E-state index in [1.54, 1.807) is 29.2 Å². The molecule has 5 rings (SSSR count). The topological polar surface area (TPSA) is 176 Å². The number of nitrogens with zero attached hydrogens (tertiary/aromatic N) is 5. The molecule has 0 aliphatic carbocycles. The number of hydrogen-bond donors (Lipinski definition) is 3. The Labute approximate surface area is 348 Å². The summed E-state index contributed by atoms with van der Waals surface area (Å²) in [6.07, 6.45) is -2.84. The molecule has 2 aromatic carbocycles. The molecule has 0 bridgehead atoms. The number of likely N-dealkylation sites (N-methyl/N-ethyl adjacent to an activating group) is 1. The number of carbonyl (C=O) groups excluding carboxylic acids is 4. The van der Waals surface area contributed by atoms with Crippen LogP contribution in [0, 0.1) is 11.8 Å². The second kappa shape index (κ2) is 21.1. The number of amides is 4. The lowest BCUT2D eigenvalue weighted by Crippen LogP contribution is -2.50. The van der Waals surface area contributed by atoms with Crippen LogP contribution in [0.1, 0.15) is 61.6 Å². The number of halogens is 4. The van der Waals surface area contributed by atoms with Crippen molar-refractivity contribution < 1.29 is 41.8 Å². The van der Waals surface area contributed by atoms with Gasteiger partial charge in [-0.1, -0.05) is 41.9 Å². The summed E-state index contributed by atoms with van der Waals surface area (Å²) in [5.74, 6) is 0.213. The fourth-order valence-electron chi connectivity index (χ4n) is 7.92. The zero-order chi connectivity index (χ0) is 42.7. The molecule has 0 saturated carbocycles. The van der Waals surface area contributed by atoms with E-state index in [-0.39, 0.29) is 47.9 Å². The van der Waals surface area contributed by atoms with Gasteiger partial charge in [0.25, 0.3) is 5.91 Å². The first-order valence-electron chi connectivity index (χ1n) is 20.2. The molecule has 59 heavy (non-hydrogen) atoms. The van der Waals surface area contributed by atoms with Gasteiger partial charge in [-0.05, 0) is 95.2 Å². The standard InChI is InChI=1S/C41H56ClF3N8O6/c1-50(2)22-23-58-35(54)14-17-51-15-8-28(9-16-51)29-10-18-52(19-11-29)38(55)34(26-27-24-32(41(43,44)45)36(46)33(42)25-27)59-40(57)53-20-12-31(13-21-53)48-39(56)49-37(47)30-6-4-3-5-7-30/h3-7,24-25,28-29,31,34H,8-23,26,46H2,1-2H3,(H3,47,48,49,56)/t34-/m1/s1. The Morgan fingerprint density at radius 2 is 1.54 bits per heavy atom. The van der Waals surface area contributed by atoms with E-state index in [4.69, 9.17) is 32.5 Å². The average Bonchev–Trinajstić information content (AvgIpc) is 3.21. The van der Waals surface area contributed by atoms with Crippen molar-refractivity contribution in [3.63, 3.8) is 0 Å². The first kappa shape index (κ1) is 45.5. The lowest BCUT2D eigenvalue weighted by atomic mass is 9.78. The van der Waals surface area contributed by atoms with Crippen LogP contribution >= 0.6 is 11.6 Å². The molecule has 5 N–H and O–H groups in total. The van der Waals surface area contributed by atoms with Crippen molar-refractivity contribution in [2.75, 3.05) is 78.8 Å². The lowest BCUT2D eigenvalue weighted by molar-refractivity contribution is -0.144. The minimum atomic E-state index is -4.80. The maximum Gasteiger partial charge on any atom is 0.418 e. The second-order valence-electron chi connectivity index (χ2n) is 15.8. The minimum absolute atomic E-state index is 0.0443. The number of anilines is 1. The normalized spacial score (nSPS) is 18.5. The fraction of sp³-hybridized carbons (Fsp3) is 0.585. The SMILES string of the molecule is CN(C)CCOC(=O)CCN1CCC(C2CCN(C(=O)[C@@H](Cc3cc(Cl)c(N)c(C(F)(F)F)c3)OC(=O)N3CCC(NC(=O)N=C(N)c4ccccc4)CC3)CC2)CC1. The number of benzene rings is 2. The number of ether oxygens (including phenoxy) is 2. The first-order valence-corrected chi connectivity index (χ1v) is 20.6. The van der Waals surface area contributed by atoms with Crippen LogP contribution in [0.15, 0.2) is 47.5 Å². The number of nitrogen functional groups attached to an aromatic ring is 1. The molecule has 2 aromatic rings. The molecule has 4 amide bonds. The summed E-state index contributed by atoms with van der Waals surface area (Å²) in [4.78, 5) is 63.6. The number of amidine groups is 1. The Hall–Kier alpha value is -4.61. The number of nitrogens with two attached hydrogens (primary N) is 2. The minimum Gasteiger partial charge on any atom is -0.464 e. The maximum absolute atomic E-state index is 14.1. The first-order chi connectivity index (χ1) is 28.1. The van der Waals surface area contributed by atoms with E-state index in [1.165, 1.54) is 11.0 Å². The molecule has 3 saturated heterocycles. The third-order valence-electron chi connectivity index (χ3n) is 11.4. The van der Waals surface area contributed by atoms with E-state index < -0.39 is 41.6 Å². The molecule has 14 nitrogen and oxygen atoms in total. The van der Waals surface area contributed by atoms with Crippen molar-refractivity contribution in [1.29, 1.82) is 0 Å². The van der Waals surface area contributed by atoms with Gasteiger partial charge >= 0.3 is 24.3 Å². The molecule has 1 atom stereocenters. The molecule has 3 aliphatic heterocycles. The number of urea groups is 1. The number of likely N-dealkylation sites (tertiary alicyclic amines) is 3. The molecule has 0 unspecified atom stereocenters. The highest BCUT2D eigenvalue weighted by atomic mass is 35.5. The van der Waals surface area contributed by atoms with E-state index in [0.29, 0.717) is 69.4 Å². The highest BCUT2D eigenvalue weighted by Gasteiger charge is 2.38. The number of esters is 1. The van der Waals surface area contributed by atoms with Gasteiger partial charge in [-0.25, -0.2) is 9.59 Å². The fourth-order valence-corrected chi connectivity index (χ4v) is 8.16. The van der Waals surface area contributed by atoms with Gasteiger partial charge in [-0.15, -0.1) is 0 Å². The average molecular weight is 849 g/mol. The summed E-state index contributed by atoms with van der Waals surface area (Å²) < 4.78 is 52.8. The number of carbonyl (C=O) groups is 4. The number of nitrogens with one attached hydrogen (secondary N) is 1. The van der Waals surface area contributed by atoms with Crippen LogP contribution in [0.5, 0.6) is 0 Å². The van der Waals surface area contributed by atoms with Crippen LogP contribution in [0.2, 0.25) is 5.02 Å². The number of hydrogen-bond acceptors (Lipinski definition) is 9. The Kier molecular flexibility index (Phi) is 16.2. The van der Waals surface area contributed by atoms with Gasteiger partial charge in [0.05, 0.1) is 22.7 Å². The number of rotatable bonds is 13. The highest BCUT2D eigenvalue weighted by Crippen LogP contribution is 2.38. The predicted octanol–water partition coefficient (Wildman–Crippen LogP) is 5.01. The number of piperidine rings is 3. The van der Waals surface area contributed by atoms with Crippen molar-refractivity contribution in [2.45, 2.75) is 69.7 Å². The third kappa shape index (κ3) is 13.4. The molecule has 3 fully saturated rings. The third-order valence-corrected chi connectivity index (χ3v) is 11.7. The van der Waals surface area contributed by atoms with Crippen LogP contribution < -0.4 is 16.8 Å². The van der Waals surface area contributed by atoms with Gasteiger partial charge < -0.3 is 45.9 Å².